The zero-order chi connectivity index (χ0) is 33.1. The molecular weight excluding hydrogens is 576 g/mol. The quantitative estimate of drug-likeness (QED) is 0.154. The number of aromatic nitrogens is 2. The van der Waals surface area contributed by atoms with Crippen molar-refractivity contribution in [3.63, 3.8) is 0 Å². The maximum absolute atomic E-state index is 13.7. The summed E-state index contributed by atoms with van der Waals surface area (Å²) in [5.74, 6) is 0.963. The molecule has 3 N–H and O–H groups in total. The molecule has 0 saturated heterocycles. The van der Waals surface area contributed by atoms with Crippen molar-refractivity contribution in [2.75, 3.05) is 33.3 Å². The van der Waals surface area contributed by atoms with Gasteiger partial charge in [-0.15, -0.1) is 0 Å². The number of benzene rings is 3. The van der Waals surface area contributed by atoms with E-state index in [2.05, 4.69) is 57.5 Å². The number of carbonyl (C=O) groups is 2. The molecule has 0 saturated carbocycles. The number of carbonyl (C=O) groups excluding carboxylic acids is 2. The summed E-state index contributed by atoms with van der Waals surface area (Å²) in [5, 5.41) is 18.0. The van der Waals surface area contributed by atoms with Crippen molar-refractivity contribution in [3.05, 3.63) is 102 Å². The highest BCUT2D eigenvalue weighted by Gasteiger charge is 2.24. The summed E-state index contributed by atoms with van der Waals surface area (Å²) >= 11 is 0. The van der Waals surface area contributed by atoms with Crippen LogP contribution in [0, 0.1) is 5.92 Å². The van der Waals surface area contributed by atoms with Gasteiger partial charge < -0.3 is 25.2 Å². The number of aliphatic hydroxyl groups excluding tert-OH is 1. The Morgan fingerprint density at radius 3 is 2.37 bits per heavy atom. The van der Waals surface area contributed by atoms with Crippen molar-refractivity contribution in [1.82, 2.24) is 30.0 Å². The Morgan fingerprint density at radius 2 is 1.67 bits per heavy atom. The number of hydrogen-bond donors (Lipinski definition) is 3. The predicted octanol–water partition coefficient (Wildman–Crippen LogP) is 4.91. The highest BCUT2D eigenvalue weighted by atomic mass is 16.3. The molecule has 3 aromatic carbocycles. The van der Waals surface area contributed by atoms with Crippen molar-refractivity contribution >= 4 is 22.6 Å². The molecule has 4 aromatic rings. The normalized spacial score (nSPS) is 13.0. The van der Waals surface area contributed by atoms with Crippen molar-refractivity contribution in [3.8, 4) is 0 Å². The SMILES string of the molecule is CC(C)CN(CCO)CCCC(NC(=O)c1ccc(CN(C)Cc2nccn2C)cc1)C(=O)N[C@@H](C)c1cccc2ccccc12. The number of nitrogens with zero attached hydrogens (tertiary/aromatic N) is 4. The van der Waals surface area contributed by atoms with E-state index in [-0.39, 0.29) is 24.5 Å². The summed E-state index contributed by atoms with van der Waals surface area (Å²) in [7, 11) is 4.03. The number of fused-ring (bicyclic) bond motifs is 1. The number of amides is 2. The van der Waals surface area contributed by atoms with E-state index in [4.69, 9.17) is 0 Å². The summed E-state index contributed by atoms with van der Waals surface area (Å²) in [6, 6.07) is 20.9. The zero-order valence-electron chi connectivity index (χ0n) is 27.9. The highest BCUT2D eigenvalue weighted by molar-refractivity contribution is 5.97. The first-order chi connectivity index (χ1) is 22.1. The second kappa shape index (κ2) is 17.0. The summed E-state index contributed by atoms with van der Waals surface area (Å²) in [4.78, 5) is 36.0. The second-order valence-electron chi connectivity index (χ2n) is 12.7. The molecule has 2 amide bonds. The van der Waals surface area contributed by atoms with E-state index >= 15 is 0 Å². The topological polar surface area (TPSA) is 103 Å². The minimum absolute atomic E-state index is 0.0880. The standard InChI is InChI=1S/C37H50N6O3/c1-27(2)24-43(22-23-44)20-9-14-34(37(46)39-28(3)32-13-8-11-30-10-6-7-12-33(30)32)40-36(45)31-17-15-29(16-18-31)25-41(4)26-35-38-19-21-42(35)5/h6-8,10-13,15-19,21,27-28,34,44H,9,14,20,22-26H2,1-5H3,(H,39,46)(H,40,45)/t28-,34?/m0/s1. The Bertz CT molecular complexity index is 1550. The van der Waals surface area contributed by atoms with E-state index < -0.39 is 6.04 Å². The third kappa shape index (κ3) is 9.97. The van der Waals surface area contributed by atoms with Crippen LogP contribution in [0.3, 0.4) is 0 Å². The van der Waals surface area contributed by atoms with Gasteiger partial charge in [-0.25, -0.2) is 4.98 Å². The monoisotopic (exact) mass is 626 g/mol. The fourth-order valence-corrected chi connectivity index (χ4v) is 5.92. The third-order valence-electron chi connectivity index (χ3n) is 8.28. The minimum atomic E-state index is -0.705. The summed E-state index contributed by atoms with van der Waals surface area (Å²) < 4.78 is 2.01. The molecule has 0 spiro atoms. The van der Waals surface area contributed by atoms with Gasteiger partial charge in [0.25, 0.3) is 5.91 Å². The van der Waals surface area contributed by atoms with Crippen molar-refractivity contribution in [1.29, 1.82) is 0 Å². The third-order valence-corrected chi connectivity index (χ3v) is 8.28. The van der Waals surface area contributed by atoms with Crippen molar-refractivity contribution in [2.45, 2.75) is 58.8 Å². The lowest BCUT2D eigenvalue weighted by molar-refractivity contribution is -0.123. The van der Waals surface area contributed by atoms with Gasteiger partial charge in [0.1, 0.15) is 11.9 Å². The molecule has 1 unspecified atom stereocenters. The van der Waals surface area contributed by atoms with E-state index in [1.807, 2.05) is 80.3 Å². The maximum Gasteiger partial charge on any atom is 0.251 e. The Kier molecular flexibility index (Phi) is 12.9. The van der Waals surface area contributed by atoms with Crippen LogP contribution in [0.2, 0.25) is 0 Å². The molecule has 2 atom stereocenters. The number of hydrogen-bond acceptors (Lipinski definition) is 6. The Hall–Kier alpha value is -4.05. The minimum Gasteiger partial charge on any atom is -0.395 e. The fourth-order valence-electron chi connectivity index (χ4n) is 5.92. The lowest BCUT2D eigenvalue weighted by atomic mass is 9.99. The number of rotatable bonds is 17. The molecule has 0 radical (unpaired) electrons. The van der Waals surface area contributed by atoms with Crippen LogP contribution in [-0.4, -0.2) is 75.6 Å². The van der Waals surface area contributed by atoms with Gasteiger partial charge in [0, 0.05) is 44.6 Å². The van der Waals surface area contributed by atoms with E-state index in [0.717, 1.165) is 40.8 Å². The Balaban J connectivity index is 1.43. The molecule has 0 bridgehead atoms. The number of imidazole rings is 1. The molecule has 0 aliphatic heterocycles. The molecule has 9 nitrogen and oxygen atoms in total. The van der Waals surface area contributed by atoms with Crippen LogP contribution in [0.1, 0.15) is 67.0 Å². The van der Waals surface area contributed by atoms with Gasteiger partial charge >= 0.3 is 0 Å². The largest absolute Gasteiger partial charge is 0.395 e. The van der Waals surface area contributed by atoms with Crippen LogP contribution in [-0.2, 0) is 24.9 Å². The van der Waals surface area contributed by atoms with Crippen LogP contribution in [0.15, 0.2) is 79.1 Å². The van der Waals surface area contributed by atoms with Gasteiger partial charge in [-0.1, -0.05) is 68.4 Å². The van der Waals surface area contributed by atoms with Gasteiger partial charge in [-0.3, -0.25) is 14.5 Å². The van der Waals surface area contributed by atoms with Crippen molar-refractivity contribution in [2.24, 2.45) is 13.0 Å². The molecule has 246 valence electrons. The summed E-state index contributed by atoms with van der Waals surface area (Å²) in [6.45, 7) is 9.99. The van der Waals surface area contributed by atoms with Crippen LogP contribution in [0.5, 0.6) is 0 Å². The van der Waals surface area contributed by atoms with Crippen LogP contribution >= 0.6 is 0 Å². The van der Waals surface area contributed by atoms with E-state index in [0.29, 0.717) is 44.0 Å². The van der Waals surface area contributed by atoms with Crippen molar-refractivity contribution < 1.29 is 14.7 Å². The molecule has 46 heavy (non-hydrogen) atoms. The summed E-state index contributed by atoms with van der Waals surface area (Å²) in [5.41, 5.74) is 2.63. The molecule has 9 heteroatoms. The average molecular weight is 627 g/mol. The predicted molar refractivity (Wildman–Crippen MR) is 184 cm³/mol. The Morgan fingerprint density at radius 1 is 0.935 bits per heavy atom. The second-order valence-corrected chi connectivity index (χ2v) is 12.7. The average Bonchev–Trinajstić information content (AvgIpc) is 3.43. The smallest absolute Gasteiger partial charge is 0.251 e. The first-order valence-electron chi connectivity index (χ1n) is 16.3. The molecule has 1 heterocycles. The molecule has 4 rings (SSSR count). The van der Waals surface area contributed by atoms with Crippen LogP contribution in [0.4, 0.5) is 0 Å². The number of aryl methyl sites for hydroxylation is 1. The van der Waals surface area contributed by atoms with E-state index in [1.165, 1.54) is 0 Å². The fraction of sp³-hybridized carbons (Fsp3) is 0.432. The zero-order valence-corrected chi connectivity index (χ0v) is 27.9. The molecule has 0 aliphatic rings. The van der Waals surface area contributed by atoms with Gasteiger partial charge in [0.15, 0.2) is 0 Å². The van der Waals surface area contributed by atoms with E-state index in [9.17, 15) is 14.7 Å². The first-order valence-corrected chi connectivity index (χ1v) is 16.3. The van der Waals surface area contributed by atoms with Crippen LogP contribution < -0.4 is 10.6 Å². The number of aliphatic hydroxyl groups is 1. The number of nitrogens with one attached hydrogen (secondary N) is 2. The van der Waals surface area contributed by atoms with Crippen LogP contribution in [0.25, 0.3) is 10.8 Å². The highest BCUT2D eigenvalue weighted by Crippen LogP contribution is 2.24. The van der Waals surface area contributed by atoms with E-state index in [1.54, 1.807) is 6.20 Å². The molecule has 1 aromatic heterocycles. The molecule has 0 fully saturated rings. The molecular formula is C37H50N6O3. The maximum atomic E-state index is 13.7. The lowest BCUT2D eigenvalue weighted by Gasteiger charge is -2.26. The Labute approximate surface area is 273 Å². The lowest BCUT2D eigenvalue weighted by Crippen LogP contribution is -2.47. The summed E-state index contributed by atoms with van der Waals surface area (Å²) in [6.07, 6.45) is 4.92. The van der Waals surface area contributed by atoms with Gasteiger partial charge in [-0.2, -0.15) is 0 Å². The molecule has 0 aliphatic carbocycles. The first kappa shape index (κ1) is 34.8. The van der Waals surface area contributed by atoms with Gasteiger partial charge in [0.05, 0.1) is 19.2 Å². The van der Waals surface area contributed by atoms with Gasteiger partial charge in [0.2, 0.25) is 5.91 Å². The van der Waals surface area contributed by atoms with Gasteiger partial charge in [-0.05, 0) is 73.3 Å².